The molecule has 160 valence electrons. The van der Waals surface area contributed by atoms with Crippen LogP contribution in [0.3, 0.4) is 0 Å². The third-order valence-electron chi connectivity index (χ3n) is 4.80. The minimum Gasteiger partial charge on any atom is -0.497 e. The van der Waals surface area contributed by atoms with Crippen molar-refractivity contribution < 1.29 is 9.47 Å². The van der Waals surface area contributed by atoms with E-state index in [4.69, 9.17) is 9.47 Å². The largest absolute Gasteiger partial charge is 0.497 e. The van der Waals surface area contributed by atoms with Crippen LogP contribution in [0.4, 0.5) is 0 Å². The summed E-state index contributed by atoms with van der Waals surface area (Å²) in [5.74, 6) is 1.65. The van der Waals surface area contributed by atoms with Gasteiger partial charge in [-0.3, -0.25) is 9.67 Å². The van der Waals surface area contributed by atoms with Gasteiger partial charge in [-0.1, -0.05) is 12.1 Å². The van der Waals surface area contributed by atoms with Crippen molar-refractivity contribution in [2.24, 2.45) is 12.0 Å². The van der Waals surface area contributed by atoms with Gasteiger partial charge in [0.05, 0.1) is 32.6 Å². The highest BCUT2D eigenvalue weighted by atomic mass is 16.5. The highest BCUT2D eigenvalue weighted by molar-refractivity contribution is 5.80. The number of aliphatic imine (C=N–C) groups is 1. The summed E-state index contributed by atoms with van der Waals surface area (Å²) in [6.45, 7) is 10.9. The van der Waals surface area contributed by atoms with Crippen molar-refractivity contribution in [2.45, 2.75) is 46.8 Å². The maximum Gasteiger partial charge on any atom is 0.191 e. The monoisotopic (exact) mass is 401 g/mol. The zero-order valence-corrected chi connectivity index (χ0v) is 18.6. The molecule has 0 spiro atoms. The van der Waals surface area contributed by atoms with Gasteiger partial charge in [0.1, 0.15) is 5.75 Å². The number of methoxy groups -OCH3 is 1. The zero-order chi connectivity index (χ0) is 21.2. The molecule has 0 fully saturated rings. The molecular weight excluding hydrogens is 366 g/mol. The Balaban J connectivity index is 1.82. The lowest BCUT2D eigenvalue weighted by atomic mass is 10.1. The Morgan fingerprint density at radius 3 is 2.76 bits per heavy atom. The van der Waals surface area contributed by atoms with Crippen molar-refractivity contribution in [3.05, 3.63) is 46.8 Å². The molecule has 1 unspecified atom stereocenters. The second kappa shape index (κ2) is 11.5. The van der Waals surface area contributed by atoms with Crippen LogP contribution >= 0.6 is 0 Å². The van der Waals surface area contributed by atoms with Gasteiger partial charge in [-0.2, -0.15) is 5.10 Å². The van der Waals surface area contributed by atoms with E-state index in [1.165, 1.54) is 11.3 Å². The molecule has 0 aliphatic carbocycles. The van der Waals surface area contributed by atoms with Crippen LogP contribution in [-0.2, 0) is 24.8 Å². The average Bonchev–Trinajstić information content (AvgIpc) is 2.94. The Morgan fingerprint density at radius 1 is 1.31 bits per heavy atom. The van der Waals surface area contributed by atoms with Crippen LogP contribution < -0.4 is 15.4 Å². The van der Waals surface area contributed by atoms with Gasteiger partial charge in [-0.05, 0) is 57.4 Å². The Hall–Kier alpha value is -2.54. The lowest BCUT2D eigenvalue weighted by Gasteiger charge is -2.18. The van der Waals surface area contributed by atoms with Crippen LogP contribution in [-0.4, -0.2) is 48.6 Å². The van der Waals surface area contributed by atoms with Gasteiger partial charge in [0.25, 0.3) is 0 Å². The van der Waals surface area contributed by atoms with Crippen molar-refractivity contribution in [1.29, 1.82) is 0 Å². The van der Waals surface area contributed by atoms with Gasteiger partial charge < -0.3 is 20.1 Å². The number of aromatic nitrogens is 2. The van der Waals surface area contributed by atoms with Crippen LogP contribution in [0.25, 0.3) is 0 Å². The molecule has 0 saturated carbocycles. The van der Waals surface area contributed by atoms with Crippen LogP contribution in [0.5, 0.6) is 5.75 Å². The Labute approximate surface area is 174 Å². The van der Waals surface area contributed by atoms with E-state index in [0.29, 0.717) is 19.8 Å². The average molecular weight is 402 g/mol. The fourth-order valence-corrected chi connectivity index (χ4v) is 3.20. The van der Waals surface area contributed by atoms with Gasteiger partial charge in [0.2, 0.25) is 0 Å². The Bertz CT molecular complexity index is 800. The van der Waals surface area contributed by atoms with Gasteiger partial charge in [-0.25, -0.2) is 0 Å². The third-order valence-corrected chi connectivity index (χ3v) is 4.80. The first-order valence-corrected chi connectivity index (χ1v) is 10.2. The van der Waals surface area contributed by atoms with Crippen LogP contribution in [0, 0.1) is 13.8 Å². The highest BCUT2D eigenvalue weighted by Crippen LogP contribution is 2.14. The highest BCUT2D eigenvalue weighted by Gasteiger charge is 2.13. The molecular formula is C22H35N5O2. The maximum absolute atomic E-state index is 5.75. The molecule has 2 rings (SSSR count). The molecule has 0 bridgehead atoms. The van der Waals surface area contributed by atoms with E-state index >= 15 is 0 Å². The normalized spacial score (nSPS) is 12.7. The number of benzene rings is 1. The summed E-state index contributed by atoms with van der Waals surface area (Å²) in [6.07, 6.45) is 0.905. The molecule has 1 heterocycles. The first-order valence-electron chi connectivity index (χ1n) is 10.2. The molecule has 0 amide bonds. The Kier molecular flexibility index (Phi) is 8.99. The summed E-state index contributed by atoms with van der Waals surface area (Å²) < 4.78 is 12.9. The third kappa shape index (κ3) is 7.09. The fraction of sp³-hybridized carbons (Fsp3) is 0.545. The quantitative estimate of drug-likeness (QED) is 0.364. The van der Waals surface area contributed by atoms with E-state index in [1.54, 1.807) is 7.11 Å². The van der Waals surface area contributed by atoms with Crippen molar-refractivity contribution in [3.8, 4) is 5.75 Å². The molecule has 0 aliphatic heterocycles. The minimum atomic E-state index is 0.243. The predicted molar refractivity (Wildman–Crippen MR) is 118 cm³/mol. The van der Waals surface area contributed by atoms with E-state index in [0.717, 1.165) is 35.9 Å². The molecule has 0 radical (unpaired) electrons. The summed E-state index contributed by atoms with van der Waals surface area (Å²) in [4.78, 5) is 4.63. The lowest BCUT2D eigenvalue weighted by Crippen LogP contribution is -2.43. The molecule has 29 heavy (non-hydrogen) atoms. The number of nitrogens with zero attached hydrogens (tertiary/aromatic N) is 3. The van der Waals surface area contributed by atoms with Crippen molar-refractivity contribution in [1.82, 2.24) is 20.4 Å². The molecule has 1 aromatic carbocycles. The first-order chi connectivity index (χ1) is 13.9. The molecule has 7 heteroatoms. The van der Waals surface area contributed by atoms with E-state index in [2.05, 4.69) is 48.4 Å². The number of hydrogen-bond acceptors (Lipinski definition) is 4. The zero-order valence-electron chi connectivity index (χ0n) is 18.6. The second-order valence-electron chi connectivity index (χ2n) is 7.19. The number of rotatable bonds is 10. The number of guanidine groups is 1. The lowest BCUT2D eigenvalue weighted by molar-refractivity contribution is 0.128. The van der Waals surface area contributed by atoms with E-state index in [-0.39, 0.29) is 6.04 Å². The second-order valence-corrected chi connectivity index (χ2v) is 7.19. The Morgan fingerprint density at radius 2 is 2.10 bits per heavy atom. The topological polar surface area (TPSA) is 72.7 Å². The number of aryl methyl sites for hydroxylation is 2. The van der Waals surface area contributed by atoms with E-state index in [1.807, 2.05) is 36.0 Å². The smallest absolute Gasteiger partial charge is 0.191 e. The molecule has 1 atom stereocenters. The molecule has 2 N–H and O–H groups in total. The van der Waals surface area contributed by atoms with Crippen molar-refractivity contribution >= 4 is 5.96 Å². The molecule has 0 saturated heterocycles. The van der Waals surface area contributed by atoms with Gasteiger partial charge >= 0.3 is 0 Å². The standard InChI is InChI=1S/C22H35N5O2/c1-7-23-22(25-16(2)13-21-17(3)26-27(5)18(21)4)24-11-12-29-15-19-9-8-10-20(14-19)28-6/h8-10,14,16H,7,11-13,15H2,1-6H3,(H2,23,24,25). The number of ether oxygens (including phenoxy) is 2. The van der Waals surface area contributed by atoms with Crippen molar-refractivity contribution in [2.75, 3.05) is 26.8 Å². The van der Waals surface area contributed by atoms with Gasteiger partial charge in [0, 0.05) is 25.3 Å². The SMILES string of the molecule is CCNC(=NCCOCc1cccc(OC)c1)NC(C)Cc1c(C)nn(C)c1C. The summed E-state index contributed by atoms with van der Waals surface area (Å²) in [5, 5.41) is 11.3. The predicted octanol–water partition coefficient (Wildman–Crippen LogP) is 2.75. The summed E-state index contributed by atoms with van der Waals surface area (Å²) in [7, 11) is 3.66. The van der Waals surface area contributed by atoms with Crippen LogP contribution in [0.15, 0.2) is 29.3 Å². The van der Waals surface area contributed by atoms with Gasteiger partial charge in [0.15, 0.2) is 5.96 Å². The molecule has 1 aromatic heterocycles. The van der Waals surface area contributed by atoms with Crippen LogP contribution in [0.2, 0.25) is 0 Å². The van der Waals surface area contributed by atoms with Crippen LogP contribution in [0.1, 0.15) is 36.4 Å². The number of hydrogen-bond donors (Lipinski definition) is 2. The number of nitrogens with one attached hydrogen (secondary N) is 2. The van der Waals surface area contributed by atoms with E-state index in [9.17, 15) is 0 Å². The summed E-state index contributed by atoms with van der Waals surface area (Å²) in [5.41, 5.74) is 4.69. The fourth-order valence-electron chi connectivity index (χ4n) is 3.20. The summed E-state index contributed by atoms with van der Waals surface area (Å²) in [6, 6.07) is 8.15. The molecule has 0 aliphatic rings. The van der Waals surface area contributed by atoms with Crippen molar-refractivity contribution in [3.63, 3.8) is 0 Å². The molecule has 2 aromatic rings. The van der Waals surface area contributed by atoms with Gasteiger partial charge in [-0.15, -0.1) is 0 Å². The maximum atomic E-state index is 5.75. The van der Waals surface area contributed by atoms with E-state index < -0.39 is 0 Å². The first kappa shape index (κ1) is 22.7. The summed E-state index contributed by atoms with van der Waals surface area (Å²) >= 11 is 0. The molecule has 7 nitrogen and oxygen atoms in total. The minimum absolute atomic E-state index is 0.243.